The summed E-state index contributed by atoms with van der Waals surface area (Å²) in [4.78, 5) is 32.5. The first kappa shape index (κ1) is 14.5. The molecule has 0 atom stereocenters. The largest absolute Gasteiger partial charge is 0.427 e. The smallest absolute Gasteiger partial charge is 0.308 e. The molecule has 0 aromatic heterocycles. The molecule has 2 rings (SSSR count). The van der Waals surface area contributed by atoms with Gasteiger partial charge in [-0.3, -0.25) is 14.4 Å². The first-order chi connectivity index (χ1) is 8.60. The summed E-state index contributed by atoms with van der Waals surface area (Å²) in [6.45, 7) is 1.32. The van der Waals surface area contributed by atoms with E-state index in [-0.39, 0.29) is 11.8 Å². The second-order valence-electron chi connectivity index (χ2n) is 3.80. The van der Waals surface area contributed by atoms with Gasteiger partial charge < -0.3 is 10.2 Å². The predicted octanol–water partition coefficient (Wildman–Crippen LogP) is 1.32. The van der Waals surface area contributed by atoms with Gasteiger partial charge in [0.25, 0.3) is 0 Å². The van der Waals surface area contributed by atoms with E-state index in [0.29, 0.717) is 11.3 Å². The number of ketones is 1. The summed E-state index contributed by atoms with van der Waals surface area (Å²) in [7, 11) is 0. The molecular formula is C14H12O5. The van der Waals surface area contributed by atoms with Crippen molar-refractivity contribution in [1.82, 2.24) is 0 Å². The van der Waals surface area contributed by atoms with Gasteiger partial charge in [0.15, 0.2) is 6.29 Å². The van der Waals surface area contributed by atoms with Gasteiger partial charge in [0.1, 0.15) is 5.75 Å². The summed E-state index contributed by atoms with van der Waals surface area (Å²) in [6.07, 6.45) is 0.275. The fraction of sp³-hybridized carbons (Fsp3) is 0.0714. The first-order valence-corrected chi connectivity index (χ1v) is 5.32. The van der Waals surface area contributed by atoms with Crippen molar-refractivity contribution in [2.75, 3.05) is 0 Å². The second-order valence-corrected chi connectivity index (χ2v) is 3.80. The molecular weight excluding hydrogens is 248 g/mol. The molecule has 0 unspecified atom stereocenters. The lowest BCUT2D eigenvalue weighted by Gasteiger charge is -2.04. The number of benzene rings is 2. The minimum Gasteiger partial charge on any atom is -0.427 e. The van der Waals surface area contributed by atoms with Gasteiger partial charge in [-0.15, -0.1) is 0 Å². The van der Waals surface area contributed by atoms with Crippen LogP contribution in [0.1, 0.15) is 17.3 Å². The van der Waals surface area contributed by atoms with E-state index in [2.05, 4.69) is 0 Å². The zero-order valence-electron chi connectivity index (χ0n) is 10.2. The average Bonchev–Trinajstić information content (AvgIpc) is 2.36. The van der Waals surface area contributed by atoms with E-state index in [4.69, 9.17) is 4.74 Å². The number of esters is 1. The number of carbonyl (C=O) groups is 3. The molecule has 0 heterocycles. The molecule has 0 aliphatic carbocycles. The summed E-state index contributed by atoms with van der Waals surface area (Å²) in [6, 6.07) is 10.0. The van der Waals surface area contributed by atoms with Crippen LogP contribution in [-0.4, -0.2) is 23.5 Å². The van der Waals surface area contributed by atoms with Gasteiger partial charge in [0.05, 0.1) is 0 Å². The van der Waals surface area contributed by atoms with E-state index in [1.54, 1.807) is 36.4 Å². The summed E-state index contributed by atoms with van der Waals surface area (Å²) < 4.78 is 4.96. The number of hydrogen-bond acceptors (Lipinski definition) is 4. The first-order valence-electron chi connectivity index (χ1n) is 5.32. The summed E-state index contributed by atoms with van der Waals surface area (Å²) >= 11 is 0. The van der Waals surface area contributed by atoms with E-state index >= 15 is 0 Å². The van der Waals surface area contributed by atoms with Gasteiger partial charge in [-0.1, -0.05) is 18.2 Å². The van der Waals surface area contributed by atoms with E-state index in [1.165, 1.54) is 6.92 Å². The van der Waals surface area contributed by atoms with Crippen LogP contribution in [0.3, 0.4) is 0 Å². The van der Waals surface area contributed by atoms with Crippen molar-refractivity contribution in [2.45, 2.75) is 6.92 Å². The Bertz CT molecular complexity index is 645. The van der Waals surface area contributed by atoms with Crippen LogP contribution in [0, 0.1) is 0 Å². The number of Topliss-reactive ketones (excluding diaryl/α,β-unsaturated/α-hetero) is 1. The van der Waals surface area contributed by atoms with E-state index in [9.17, 15) is 14.4 Å². The lowest BCUT2D eigenvalue weighted by Crippen LogP contribution is -2.01. The molecule has 0 bridgehead atoms. The molecule has 19 heavy (non-hydrogen) atoms. The van der Waals surface area contributed by atoms with E-state index < -0.39 is 11.8 Å². The number of aldehydes is 1. The molecule has 2 N–H and O–H groups in total. The number of carbonyl (C=O) groups excluding carboxylic acids is 3. The lowest BCUT2D eigenvalue weighted by molar-refractivity contribution is -0.131. The molecule has 2 aromatic rings. The van der Waals surface area contributed by atoms with Gasteiger partial charge in [0, 0.05) is 12.5 Å². The number of fused-ring (bicyclic) bond motifs is 1. The standard InChI is InChI=1S/C14H10O4.H2O/c1-9(16)18-13-5-4-10-2-3-11(14(17)8-15)6-12(10)7-13;/h2-8H,1H3;1H2. The maximum atomic E-state index is 11.3. The Kier molecular flexibility index (Phi) is 4.50. The average molecular weight is 260 g/mol. The van der Waals surface area contributed by atoms with Crippen LogP contribution >= 0.6 is 0 Å². The van der Waals surface area contributed by atoms with Crippen LogP contribution in [-0.2, 0) is 9.59 Å². The van der Waals surface area contributed by atoms with E-state index in [1.807, 2.05) is 0 Å². The number of ether oxygens (including phenoxy) is 1. The molecule has 0 saturated carbocycles. The molecule has 98 valence electrons. The third-order valence-electron chi connectivity index (χ3n) is 2.46. The quantitative estimate of drug-likeness (QED) is 0.273. The highest BCUT2D eigenvalue weighted by Crippen LogP contribution is 2.22. The Balaban J connectivity index is 0.00000180. The fourth-order valence-corrected chi connectivity index (χ4v) is 1.68. The van der Waals surface area contributed by atoms with Crippen molar-refractivity contribution in [2.24, 2.45) is 0 Å². The van der Waals surface area contributed by atoms with Crippen molar-refractivity contribution in [3.05, 3.63) is 42.0 Å². The van der Waals surface area contributed by atoms with Crippen molar-refractivity contribution in [3.8, 4) is 5.75 Å². The lowest BCUT2D eigenvalue weighted by atomic mass is 10.0. The zero-order chi connectivity index (χ0) is 13.1. The molecule has 5 nitrogen and oxygen atoms in total. The highest BCUT2D eigenvalue weighted by Gasteiger charge is 2.06. The Morgan fingerprint density at radius 3 is 2.37 bits per heavy atom. The molecule has 0 radical (unpaired) electrons. The second kappa shape index (κ2) is 5.88. The maximum Gasteiger partial charge on any atom is 0.308 e. The maximum absolute atomic E-state index is 11.3. The molecule has 0 amide bonds. The van der Waals surface area contributed by atoms with Gasteiger partial charge in [-0.05, 0) is 29.0 Å². The predicted molar refractivity (Wildman–Crippen MR) is 69.3 cm³/mol. The van der Waals surface area contributed by atoms with Gasteiger partial charge in [-0.2, -0.15) is 0 Å². The monoisotopic (exact) mass is 260 g/mol. The normalized spacial score (nSPS) is 9.53. The zero-order valence-corrected chi connectivity index (χ0v) is 10.2. The molecule has 0 aliphatic rings. The van der Waals surface area contributed by atoms with Crippen molar-refractivity contribution in [1.29, 1.82) is 0 Å². The molecule has 0 aliphatic heterocycles. The SMILES string of the molecule is CC(=O)Oc1ccc2ccc(C(=O)C=O)cc2c1.O. The Labute approximate surface area is 109 Å². The van der Waals surface area contributed by atoms with Crippen LogP contribution < -0.4 is 4.74 Å². The highest BCUT2D eigenvalue weighted by atomic mass is 16.5. The van der Waals surface area contributed by atoms with Gasteiger partial charge in [-0.25, -0.2) is 0 Å². The van der Waals surface area contributed by atoms with Crippen LogP contribution in [0.2, 0.25) is 0 Å². The molecule has 2 aromatic carbocycles. The molecule has 5 heteroatoms. The van der Waals surface area contributed by atoms with E-state index in [0.717, 1.165) is 10.8 Å². The van der Waals surface area contributed by atoms with Crippen molar-refractivity contribution >= 4 is 28.8 Å². The van der Waals surface area contributed by atoms with Crippen molar-refractivity contribution < 1.29 is 24.6 Å². The van der Waals surface area contributed by atoms with Crippen LogP contribution in [0.5, 0.6) is 5.75 Å². The third-order valence-corrected chi connectivity index (χ3v) is 2.46. The van der Waals surface area contributed by atoms with Gasteiger partial charge in [0.2, 0.25) is 5.78 Å². The molecule has 0 spiro atoms. The Morgan fingerprint density at radius 2 is 1.74 bits per heavy atom. The Hall–Kier alpha value is -2.53. The van der Waals surface area contributed by atoms with Crippen molar-refractivity contribution in [3.63, 3.8) is 0 Å². The summed E-state index contributed by atoms with van der Waals surface area (Å²) in [5.74, 6) is -0.574. The Morgan fingerprint density at radius 1 is 1.05 bits per heavy atom. The minimum absolute atomic E-state index is 0. The highest BCUT2D eigenvalue weighted by molar-refractivity contribution is 6.33. The minimum atomic E-state index is -0.574. The van der Waals surface area contributed by atoms with Crippen LogP contribution in [0.15, 0.2) is 36.4 Å². The number of rotatable bonds is 3. The molecule has 0 saturated heterocycles. The van der Waals surface area contributed by atoms with Crippen LogP contribution in [0.25, 0.3) is 10.8 Å². The number of hydrogen-bond donors (Lipinski definition) is 0. The summed E-state index contributed by atoms with van der Waals surface area (Å²) in [5.41, 5.74) is 0.317. The fourth-order valence-electron chi connectivity index (χ4n) is 1.68. The topological polar surface area (TPSA) is 91.9 Å². The summed E-state index contributed by atoms with van der Waals surface area (Å²) in [5, 5.41) is 1.63. The molecule has 0 fully saturated rings. The van der Waals surface area contributed by atoms with Gasteiger partial charge >= 0.3 is 5.97 Å². The van der Waals surface area contributed by atoms with Crippen LogP contribution in [0.4, 0.5) is 0 Å². The third kappa shape index (κ3) is 3.23.